The topological polar surface area (TPSA) is 85.4 Å². The van der Waals surface area contributed by atoms with Crippen LogP contribution in [-0.2, 0) is 11.3 Å². The number of carboxylic acids is 1. The summed E-state index contributed by atoms with van der Waals surface area (Å²) in [6, 6.07) is 9.03. The van der Waals surface area contributed by atoms with E-state index in [1.807, 2.05) is 30.3 Å². The summed E-state index contributed by atoms with van der Waals surface area (Å²) < 4.78 is 4.96. The van der Waals surface area contributed by atoms with Crippen molar-refractivity contribution in [3.8, 4) is 0 Å². The molecule has 0 amide bonds. The number of aromatic carboxylic acids is 1. The van der Waals surface area contributed by atoms with Crippen LogP contribution in [0, 0.1) is 0 Å². The lowest BCUT2D eigenvalue weighted by atomic mass is 10.1. The molecule has 0 spiro atoms. The molecule has 0 bridgehead atoms. The first kappa shape index (κ1) is 13.7. The Labute approximate surface area is 114 Å². The zero-order valence-electron chi connectivity index (χ0n) is 10.4. The predicted molar refractivity (Wildman–Crippen MR) is 72.3 cm³/mol. The Hall–Kier alpha value is -1.76. The van der Waals surface area contributed by atoms with Crippen LogP contribution in [0.2, 0.25) is 0 Å². The lowest BCUT2D eigenvalue weighted by Gasteiger charge is -2.07. The van der Waals surface area contributed by atoms with E-state index in [0.717, 1.165) is 16.9 Å². The highest BCUT2D eigenvalue weighted by atomic mass is 32.1. The van der Waals surface area contributed by atoms with Crippen LogP contribution in [0.1, 0.15) is 32.0 Å². The number of benzene rings is 1. The molecule has 0 saturated carbocycles. The first-order chi connectivity index (χ1) is 9.13. The van der Waals surface area contributed by atoms with Gasteiger partial charge in [0, 0.05) is 7.11 Å². The molecule has 1 atom stereocenters. The van der Waals surface area contributed by atoms with Crippen LogP contribution < -0.4 is 5.73 Å². The van der Waals surface area contributed by atoms with Gasteiger partial charge >= 0.3 is 5.97 Å². The number of methoxy groups -OCH3 is 1. The molecule has 0 aliphatic heterocycles. The van der Waals surface area contributed by atoms with Crippen LogP contribution in [-0.4, -0.2) is 23.2 Å². The summed E-state index contributed by atoms with van der Waals surface area (Å²) in [7, 11) is 1.50. The smallest absolute Gasteiger partial charge is 0.347 e. The number of rotatable bonds is 5. The fraction of sp³-hybridized carbons (Fsp3) is 0.231. The number of nitrogens with two attached hydrogens (primary N) is 1. The van der Waals surface area contributed by atoms with E-state index in [2.05, 4.69) is 4.98 Å². The number of ether oxygens (including phenoxy) is 1. The third-order valence-corrected chi connectivity index (χ3v) is 3.78. The highest BCUT2D eigenvalue weighted by molar-refractivity contribution is 7.13. The van der Waals surface area contributed by atoms with Crippen molar-refractivity contribution in [2.24, 2.45) is 5.73 Å². The number of hydrogen-bond acceptors (Lipinski definition) is 5. The average Bonchev–Trinajstić information content (AvgIpc) is 2.83. The second kappa shape index (κ2) is 5.92. The summed E-state index contributed by atoms with van der Waals surface area (Å²) in [6.45, 7) is 0.166. The molecule has 0 radical (unpaired) electrons. The molecule has 3 N–H and O–H groups in total. The van der Waals surface area contributed by atoms with Crippen LogP contribution in [0.25, 0.3) is 0 Å². The maximum absolute atomic E-state index is 11.1. The number of nitrogens with zero attached hydrogens (tertiary/aromatic N) is 1. The van der Waals surface area contributed by atoms with E-state index in [9.17, 15) is 4.79 Å². The van der Waals surface area contributed by atoms with Gasteiger partial charge in [0.05, 0.1) is 18.3 Å². The molecule has 100 valence electrons. The molecule has 1 unspecified atom stereocenters. The van der Waals surface area contributed by atoms with Crippen molar-refractivity contribution in [1.82, 2.24) is 4.98 Å². The fourth-order valence-corrected chi connectivity index (χ4v) is 2.65. The van der Waals surface area contributed by atoms with Crippen molar-refractivity contribution < 1.29 is 14.6 Å². The van der Waals surface area contributed by atoms with E-state index in [0.29, 0.717) is 10.7 Å². The molecule has 2 rings (SSSR count). The zero-order chi connectivity index (χ0) is 13.8. The summed E-state index contributed by atoms with van der Waals surface area (Å²) in [5.41, 5.74) is 7.43. The third kappa shape index (κ3) is 2.98. The van der Waals surface area contributed by atoms with E-state index in [4.69, 9.17) is 15.6 Å². The van der Waals surface area contributed by atoms with Gasteiger partial charge in [-0.2, -0.15) is 0 Å². The second-order valence-corrected chi connectivity index (χ2v) is 4.99. The van der Waals surface area contributed by atoms with Crippen LogP contribution in [0.5, 0.6) is 0 Å². The monoisotopic (exact) mass is 278 g/mol. The predicted octanol–water partition coefficient (Wildman–Crippen LogP) is 2.04. The summed E-state index contributed by atoms with van der Waals surface area (Å²) in [5, 5.41) is 9.71. The fourth-order valence-electron chi connectivity index (χ4n) is 1.71. The summed E-state index contributed by atoms with van der Waals surface area (Å²) in [4.78, 5) is 15.6. The Bertz CT molecular complexity index is 569. The van der Waals surface area contributed by atoms with Gasteiger partial charge in [-0.25, -0.2) is 9.78 Å². The van der Waals surface area contributed by atoms with E-state index < -0.39 is 12.0 Å². The second-order valence-electron chi connectivity index (χ2n) is 3.95. The van der Waals surface area contributed by atoms with Crippen LogP contribution in [0.3, 0.4) is 0 Å². The number of thiazole rings is 1. The van der Waals surface area contributed by atoms with Gasteiger partial charge in [-0.1, -0.05) is 30.3 Å². The molecule has 0 aliphatic rings. The summed E-state index contributed by atoms with van der Waals surface area (Å²) in [6.07, 6.45) is 0. The molecule has 0 fully saturated rings. The standard InChI is InChI=1S/C13H14N2O3S/c1-18-7-9-11(13(16)17)19-12(15-9)10(14)8-5-3-2-4-6-8/h2-6,10H,7,14H2,1H3,(H,16,17). The first-order valence-electron chi connectivity index (χ1n) is 5.66. The van der Waals surface area contributed by atoms with Gasteiger partial charge in [-0.05, 0) is 5.56 Å². The minimum atomic E-state index is -1.00. The highest BCUT2D eigenvalue weighted by Crippen LogP contribution is 2.27. The number of carboxylic acid groups (broad SMARTS) is 1. The van der Waals surface area contributed by atoms with E-state index in [-0.39, 0.29) is 11.5 Å². The highest BCUT2D eigenvalue weighted by Gasteiger charge is 2.21. The van der Waals surface area contributed by atoms with Crippen molar-refractivity contribution >= 4 is 17.3 Å². The van der Waals surface area contributed by atoms with Gasteiger partial charge in [-0.15, -0.1) is 11.3 Å². The number of aromatic nitrogens is 1. The minimum absolute atomic E-state index is 0.166. The van der Waals surface area contributed by atoms with Gasteiger partial charge in [0.1, 0.15) is 9.88 Å². The molecule has 19 heavy (non-hydrogen) atoms. The van der Waals surface area contributed by atoms with Gasteiger partial charge in [0.15, 0.2) is 0 Å². The Kier molecular flexibility index (Phi) is 4.26. The van der Waals surface area contributed by atoms with Crippen LogP contribution in [0.4, 0.5) is 0 Å². The minimum Gasteiger partial charge on any atom is -0.477 e. The normalized spacial score (nSPS) is 12.3. The summed E-state index contributed by atoms with van der Waals surface area (Å²) >= 11 is 1.09. The molecule has 1 heterocycles. The molecule has 5 nitrogen and oxygen atoms in total. The Balaban J connectivity index is 2.35. The quantitative estimate of drug-likeness (QED) is 0.874. The van der Waals surface area contributed by atoms with Gasteiger partial charge in [-0.3, -0.25) is 0 Å². The first-order valence-corrected chi connectivity index (χ1v) is 6.47. The maximum atomic E-state index is 11.1. The SMILES string of the molecule is COCc1nc(C(N)c2ccccc2)sc1C(=O)O. The largest absolute Gasteiger partial charge is 0.477 e. The van der Waals surface area contributed by atoms with Gasteiger partial charge < -0.3 is 15.6 Å². The Morgan fingerprint density at radius 3 is 2.74 bits per heavy atom. The van der Waals surface area contributed by atoms with Crippen molar-refractivity contribution in [3.63, 3.8) is 0 Å². The zero-order valence-corrected chi connectivity index (χ0v) is 11.2. The molecular weight excluding hydrogens is 264 g/mol. The molecule has 1 aromatic heterocycles. The molecule has 1 aromatic carbocycles. The number of hydrogen-bond donors (Lipinski definition) is 2. The maximum Gasteiger partial charge on any atom is 0.347 e. The van der Waals surface area contributed by atoms with E-state index in [1.54, 1.807) is 0 Å². The molecule has 0 aliphatic carbocycles. The van der Waals surface area contributed by atoms with Crippen LogP contribution >= 0.6 is 11.3 Å². The third-order valence-electron chi connectivity index (χ3n) is 2.61. The van der Waals surface area contributed by atoms with Gasteiger partial charge in [0.2, 0.25) is 0 Å². The van der Waals surface area contributed by atoms with Crippen molar-refractivity contribution in [2.45, 2.75) is 12.6 Å². The molecule has 2 aromatic rings. The molecule has 6 heteroatoms. The van der Waals surface area contributed by atoms with Gasteiger partial charge in [0.25, 0.3) is 0 Å². The van der Waals surface area contributed by atoms with Crippen molar-refractivity contribution in [2.75, 3.05) is 7.11 Å². The summed E-state index contributed by atoms with van der Waals surface area (Å²) in [5.74, 6) is -1.00. The Morgan fingerprint density at radius 2 is 2.16 bits per heavy atom. The van der Waals surface area contributed by atoms with Crippen molar-refractivity contribution in [3.05, 3.63) is 51.5 Å². The molecule has 0 saturated heterocycles. The lowest BCUT2D eigenvalue weighted by molar-refractivity contribution is 0.0697. The average molecular weight is 278 g/mol. The lowest BCUT2D eigenvalue weighted by Crippen LogP contribution is -2.11. The molecular formula is C13H14N2O3S. The van der Waals surface area contributed by atoms with E-state index >= 15 is 0 Å². The Morgan fingerprint density at radius 1 is 1.47 bits per heavy atom. The number of carbonyl (C=O) groups is 1. The van der Waals surface area contributed by atoms with E-state index in [1.165, 1.54) is 7.11 Å². The van der Waals surface area contributed by atoms with Crippen molar-refractivity contribution in [1.29, 1.82) is 0 Å². The van der Waals surface area contributed by atoms with Crippen LogP contribution in [0.15, 0.2) is 30.3 Å².